The van der Waals surface area contributed by atoms with E-state index in [0.717, 1.165) is 47.7 Å². The van der Waals surface area contributed by atoms with E-state index in [9.17, 15) is 30.8 Å². The first kappa shape index (κ1) is 24.1. The SMILES string of the molecule is O=C([C@@H]1C[C@@]1(F)c1ccc(F)cc1-c1c(F)cccc1F)N1C[C@@H](F)[C@H]1CNS(=O)(=O)N1CCC1. The van der Waals surface area contributed by atoms with Gasteiger partial charge in [-0.25, -0.2) is 22.0 Å². The molecular formula is C23H22F5N3O3S. The molecule has 3 aliphatic rings. The summed E-state index contributed by atoms with van der Waals surface area (Å²) in [4.78, 5) is 14.1. The molecule has 2 aliphatic heterocycles. The lowest BCUT2D eigenvalue weighted by Crippen LogP contribution is -2.65. The average molecular weight is 516 g/mol. The Morgan fingerprint density at radius 1 is 1.11 bits per heavy atom. The number of alkyl halides is 2. The van der Waals surface area contributed by atoms with Crippen LogP contribution in [-0.4, -0.2) is 61.9 Å². The largest absolute Gasteiger partial charge is 0.332 e. The van der Waals surface area contributed by atoms with Gasteiger partial charge in [-0.05, 0) is 41.8 Å². The highest BCUT2D eigenvalue weighted by Crippen LogP contribution is 2.59. The van der Waals surface area contributed by atoms with Gasteiger partial charge in [0, 0.05) is 26.1 Å². The lowest BCUT2D eigenvalue weighted by molar-refractivity contribution is -0.147. The first-order valence-corrected chi connectivity index (χ1v) is 12.6. The molecule has 0 unspecified atom stereocenters. The summed E-state index contributed by atoms with van der Waals surface area (Å²) in [6.07, 6.45) is -1.09. The molecule has 6 nitrogen and oxygen atoms in total. The molecule has 188 valence electrons. The number of rotatable bonds is 7. The van der Waals surface area contributed by atoms with Crippen molar-refractivity contribution in [3.63, 3.8) is 0 Å². The fourth-order valence-corrected chi connectivity index (χ4v) is 5.97. The Bertz CT molecular complexity index is 1270. The topological polar surface area (TPSA) is 69.7 Å². The van der Waals surface area contributed by atoms with Crippen LogP contribution in [0.25, 0.3) is 11.1 Å². The Kier molecular flexibility index (Phi) is 5.88. The number of hydrogen-bond donors (Lipinski definition) is 1. The second kappa shape index (κ2) is 8.52. The van der Waals surface area contributed by atoms with Crippen molar-refractivity contribution < 1.29 is 35.2 Å². The van der Waals surface area contributed by atoms with E-state index in [-0.39, 0.29) is 30.6 Å². The third kappa shape index (κ3) is 4.11. The molecular weight excluding hydrogens is 493 g/mol. The van der Waals surface area contributed by atoms with E-state index in [1.54, 1.807) is 0 Å². The summed E-state index contributed by atoms with van der Waals surface area (Å²) in [5, 5.41) is 0. The van der Waals surface area contributed by atoms with Crippen LogP contribution in [0.2, 0.25) is 0 Å². The monoisotopic (exact) mass is 515 g/mol. The molecule has 2 saturated heterocycles. The lowest BCUT2D eigenvalue weighted by Gasteiger charge is -2.44. The van der Waals surface area contributed by atoms with Gasteiger partial charge in [0.2, 0.25) is 5.91 Å². The zero-order valence-corrected chi connectivity index (χ0v) is 19.2. The molecule has 1 aliphatic carbocycles. The third-order valence-electron chi connectivity index (χ3n) is 6.95. The summed E-state index contributed by atoms with van der Waals surface area (Å²) in [6.45, 7) is 0.0349. The minimum Gasteiger partial charge on any atom is -0.332 e. The normalized spacial score (nSPS) is 28.4. The first-order valence-electron chi connectivity index (χ1n) is 11.2. The molecule has 2 aromatic rings. The number of carbonyl (C=O) groups excluding carboxylic acids is 1. The van der Waals surface area contributed by atoms with Crippen LogP contribution in [0.1, 0.15) is 18.4 Å². The maximum atomic E-state index is 15.9. The van der Waals surface area contributed by atoms with Gasteiger partial charge in [-0.2, -0.15) is 17.4 Å². The van der Waals surface area contributed by atoms with Crippen molar-refractivity contribution in [1.82, 2.24) is 13.9 Å². The summed E-state index contributed by atoms with van der Waals surface area (Å²) in [5.41, 5.74) is -3.53. The number of benzene rings is 2. The van der Waals surface area contributed by atoms with Gasteiger partial charge in [0.1, 0.15) is 29.3 Å². The van der Waals surface area contributed by atoms with E-state index in [0.29, 0.717) is 13.1 Å². The minimum atomic E-state index is -3.79. The van der Waals surface area contributed by atoms with Crippen LogP contribution in [0.3, 0.4) is 0 Å². The molecule has 3 fully saturated rings. The molecule has 1 amide bonds. The van der Waals surface area contributed by atoms with Gasteiger partial charge in [-0.3, -0.25) is 4.79 Å². The number of amides is 1. The Balaban J connectivity index is 1.35. The highest BCUT2D eigenvalue weighted by atomic mass is 32.2. The van der Waals surface area contributed by atoms with E-state index in [1.165, 1.54) is 4.31 Å². The van der Waals surface area contributed by atoms with E-state index in [1.807, 2.05) is 0 Å². The van der Waals surface area contributed by atoms with Gasteiger partial charge >= 0.3 is 0 Å². The smallest absolute Gasteiger partial charge is 0.279 e. The molecule has 1 N–H and O–H groups in total. The van der Waals surface area contributed by atoms with Crippen molar-refractivity contribution in [2.75, 3.05) is 26.2 Å². The summed E-state index contributed by atoms with van der Waals surface area (Å²) in [7, 11) is -3.79. The fourth-order valence-electron chi connectivity index (χ4n) is 4.66. The van der Waals surface area contributed by atoms with Crippen LogP contribution in [0.15, 0.2) is 36.4 Å². The van der Waals surface area contributed by atoms with Crippen LogP contribution in [-0.2, 0) is 20.7 Å². The average Bonchev–Trinajstić information content (AvgIpc) is 3.42. The fraction of sp³-hybridized carbons (Fsp3) is 0.435. The van der Waals surface area contributed by atoms with Crippen LogP contribution < -0.4 is 4.72 Å². The molecule has 12 heteroatoms. The van der Waals surface area contributed by atoms with Gasteiger partial charge in [0.15, 0.2) is 0 Å². The van der Waals surface area contributed by atoms with Gasteiger partial charge in [-0.15, -0.1) is 0 Å². The van der Waals surface area contributed by atoms with Gasteiger partial charge in [-0.1, -0.05) is 12.1 Å². The highest BCUT2D eigenvalue weighted by molar-refractivity contribution is 7.87. The van der Waals surface area contributed by atoms with Crippen molar-refractivity contribution in [3.05, 3.63) is 59.4 Å². The predicted molar refractivity (Wildman–Crippen MR) is 116 cm³/mol. The Morgan fingerprint density at radius 3 is 2.40 bits per heavy atom. The van der Waals surface area contributed by atoms with E-state index in [2.05, 4.69) is 4.72 Å². The molecule has 2 heterocycles. The second-order valence-electron chi connectivity index (χ2n) is 9.09. The zero-order valence-electron chi connectivity index (χ0n) is 18.4. The second-order valence-corrected chi connectivity index (χ2v) is 10.8. The number of likely N-dealkylation sites (tertiary alicyclic amines) is 1. The molecule has 35 heavy (non-hydrogen) atoms. The van der Waals surface area contributed by atoms with Crippen LogP contribution in [0, 0.1) is 23.4 Å². The summed E-state index contributed by atoms with van der Waals surface area (Å²) < 4.78 is 101. The molecule has 5 rings (SSSR count). The van der Waals surface area contributed by atoms with E-state index >= 15 is 4.39 Å². The Morgan fingerprint density at radius 2 is 1.80 bits per heavy atom. The van der Waals surface area contributed by atoms with Crippen molar-refractivity contribution in [1.29, 1.82) is 0 Å². The number of hydrogen-bond acceptors (Lipinski definition) is 3. The maximum Gasteiger partial charge on any atom is 0.279 e. The van der Waals surface area contributed by atoms with E-state index in [4.69, 9.17) is 0 Å². The highest BCUT2D eigenvalue weighted by Gasteiger charge is 2.64. The molecule has 0 radical (unpaired) electrons. The van der Waals surface area contributed by atoms with Crippen molar-refractivity contribution in [3.8, 4) is 11.1 Å². The summed E-state index contributed by atoms with van der Waals surface area (Å²) in [6, 6.07) is 4.74. The zero-order chi connectivity index (χ0) is 25.1. The Labute approximate surface area is 198 Å². The third-order valence-corrected chi connectivity index (χ3v) is 8.53. The molecule has 0 aromatic heterocycles. The van der Waals surface area contributed by atoms with E-state index < -0.39 is 62.9 Å². The lowest BCUT2D eigenvalue weighted by atomic mass is 9.92. The van der Waals surface area contributed by atoms with Crippen molar-refractivity contribution >= 4 is 16.1 Å². The van der Waals surface area contributed by atoms with Crippen LogP contribution in [0.5, 0.6) is 0 Å². The Hall–Kier alpha value is -2.57. The molecule has 4 atom stereocenters. The number of nitrogens with zero attached hydrogens (tertiary/aromatic N) is 2. The van der Waals surface area contributed by atoms with Crippen LogP contribution in [0.4, 0.5) is 22.0 Å². The number of carbonyl (C=O) groups is 1. The molecule has 2 aromatic carbocycles. The minimum absolute atomic E-state index is 0.242. The predicted octanol–water partition coefficient (Wildman–Crippen LogP) is 3.04. The van der Waals surface area contributed by atoms with Crippen LogP contribution >= 0.6 is 0 Å². The van der Waals surface area contributed by atoms with Gasteiger partial charge in [0.05, 0.1) is 24.1 Å². The molecule has 1 saturated carbocycles. The molecule has 0 spiro atoms. The number of halogens is 5. The van der Waals surface area contributed by atoms with Crippen molar-refractivity contribution in [2.45, 2.75) is 30.7 Å². The maximum absolute atomic E-state index is 15.9. The standard InChI is InChI=1S/C23H22F5N3O3S/c24-13-5-6-15(14(9-13)21-17(25)3-1-4-18(21)26)23(28)10-16(23)22(32)31-12-19(27)20(31)11-29-35(33,34)30-7-2-8-30/h1,3-6,9,16,19-20,29H,2,7-8,10-12H2/t16-,19+,20+,23+/m0/s1. The van der Waals surface area contributed by atoms with Crippen molar-refractivity contribution in [2.24, 2.45) is 5.92 Å². The first-order chi connectivity index (χ1) is 16.5. The number of nitrogens with one attached hydrogen (secondary N) is 1. The molecule has 0 bridgehead atoms. The van der Waals surface area contributed by atoms with Gasteiger partial charge in [0.25, 0.3) is 10.2 Å². The quantitative estimate of drug-likeness (QED) is 0.577. The summed E-state index contributed by atoms with van der Waals surface area (Å²) >= 11 is 0. The summed E-state index contributed by atoms with van der Waals surface area (Å²) in [5.74, 6) is -4.87. The van der Waals surface area contributed by atoms with Gasteiger partial charge < -0.3 is 4.90 Å².